The highest BCUT2D eigenvalue weighted by atomic mass is 32.2. The van der Waals surface area contributed by atoms with Crippen LogP contribution >= 0.6 is 23.1 Å². The molecule has 0 aliphatic heterocycles. The van der Waals surface area contributed by atoms with E-state index in [1.54, 1.807) is 35.1 Å². The number of hydrogen-bond donors (Lipinski definition) is 1. The summed E-state index contributed by atoms with van der Waals surface area (Å²) >= 11 is 3.30. The van der Waals surface area contributed by atoms with Crippen LogP contribution in [0.1, 0.15) is 5.69 Å². The molecule has 0 saturated carbocycles. The van der Waals surface area contributed by atoms with Crippen molar-refractivity contribution in [2.45, 2.75) is 11.3 Å². The number of ether oxygens (including phenoxy) is 1. The van der Waals surface area contributed by atoms with Crippen LogP contribution in [-0.4, -0.2) is 53.4 Å². The van der Waals surface area contributed by atoms with Crippen molar-refractivity contribution in [2.24, 2.45) is 0 Å². The Hall–Kier alpha value is -3.33. The summed E-state index contributed by atoms with van der Waals surface area (Å²) in [5.41, 5.74) is 3.97. The number of amides is 2. The fourth-order valence-corrected chi connectivity index (χ4v) is 5.46. The first-order valence-corrected chi connectivity index (χ1v) is 13.9. The van der Waals surface area contributed by atoms with Gasteiger partial charge < -0.3 is 15.0 Å². The van der Waals surface area contributed by atoms with Crippen molar-refractivity contribution >= 4 is 50.6 Å². The molecule has 6 nitrogen and oxygen atoms in total. The van der Waals surface area contributed by atoms with E-state index in [1.165, 1.54) is 10.8 Å². The maximum atomic E-state index is 13.0. The molecule has 0 unspecified atom stereocenters. The second-order valence-electron chi connectivity index (χ2n) is 8.46. The zero-order chi connectivity index (χ0) is 24.9. The number of thiazole rings is 1. The highest BCUT2D eigenvalue weighted by Crippen LogP contribution is 2.27. The molecule has 8 heteroatoms. The first-order valence-electron chi connectivity index (χ1n) is 11.8. The first-order chi connectivity index (χ1) is 17.6. The third-order valence-electron chi connectivity index (χ3n) is 6.16. The lowest BCUT2D eigenvalue weighted by atomic mass is 10.1. The van der Waals surface area contributed by atoms with Crippen molar-refractivity contribution in [3.63, 3.8) is 0 Å². The van der Waals surface area contributed by atoms with Crippen LogP contribution in [0.15, 0.2) is 83.2 Å². The quantitative estimate of drug-likeness (QED) is 0.223. The van der Waals surface area contributed by atoms with E-state index in [2.05, 4.69) is 63.8 Å². The summed E-state index contributed by atoms with van der Waals surface area (Å²) in [5, 5.41) is 7.56. The largest absolute Gasteiger partial charge is 0.383 e. The molecule has 0 fully saturated rings. The lowest BCUT2D eigenvalue weighted by Crippen LogP contribution is -2.38. The monoisotopic (exact) mass is 516 g/mol. The molecule has 0 bridgehead atoms. The van der Waals surface area contributed by atoms with Crippen LogP contribution in [0.2, 0.25) is 0 Å². The minimum absolute atomic E-state index is 0.127. The summed E-state index contributed by atoms with van der Waals surface area (Å²) in [6, 6.07) is 22.5. The van der Waals surface area contributed by atoms with E-state index in [9.17, 15) is 4.79 Å². The number of carbonyl (C=O) groups excluding carboxylic acids is 1. The maximum Gasteiger partial charge on any atom is 0.321 e. The number of carbonyl (C=O) groups is 1. The van der Waals surface area contributed by atoms with Gasteiger partial charge in [-0.2, -0.15) is 0 Å². The van der Waals surface area contributed by atoms with Crippen LogP contribution in [0.3, 0.4) is 0 Å². The Morgan fingerprint density at radius 3 is 2.67 bits per heavy atom. The van der Waals surface area contributed by atoms with Gasteiger partial charge in [-0.1, -0.05) is 36.4 Å². The van der Waals surface area contributed by atoms with Gasteiger partial charge in [0.2, 0.25) is 0 Å². The number of nitrogens with zero attached hydrogens (tertiary/aromatic N) is 3. The summed E-state index contributed by atoms with van der Waals surface area (Å²) in [4.78, 5) is 21.8. The molecule has 5 aromatic rings. The van der Waals surface area contributed by atoms with Gasteiger partial charge in [0.15, 0.2) is 4.96 Å². The number of thioether (sulfide) groups is 1. The number of nitrogens with one attached hydrogen (secondary N) is 1. The normalized spacial score (nSPS) is 11.3. The van der Waals surface area contributed by atoms with Gasteiger partial charge in [0.05, 0.1) is 12.3 Å². The fourth-order valence-electron chi connectivity index (χ4n) is 4.14. The second kappa shape index (κ2) is 11.2. The Balaban J connectivity index is 1.30. The predicted octanol–water partition coefficient (Wildman–Crippen LogP) is 6.66. The summed E-state index contributed by atoms with van der Waals surface area (Å²) in [7, 11) is 1.65. The van der Waals surface area contributed by atoms with Crippen LogP contribution in [0.4, 0.5) is 10.5 Å². The van der Waals surface area contributed by atoms with E-state index in [1.807, 2.05) is 30.5 Å². The predicted molar refractivity (Wildman–Crippen MR) is 150 cm³/mol. The molecule has 0 aliphatic carbocycles. The first kappa shape index (κ1) is 24.4. The van der Waals surface area contributed by atoms with Gasteiger partial charge in [0.1, 0.15) is 0 Å². The Kier molecular flexibility index (Phi) is 7.55. The van der Waals surface area contributed by atoms with Crippen LogP contribution in [0.5, 0.6) is 0 Å². The Morgan fingerprint density at radius 1 is 1.08 bits per heavy atom. The summed E-state index contributed by atoms with van der Waals surface area (Å²) in [6.07, 6.45) is 4.85. The third kappa shape index (κ3) is 5.41. The summed E-state index contributed by atoms with van der Waals surface area (Å²) in [6.45, 7) is 1.58. The van der Waals surface area contributed by atoms with Crippen molar-refractivity contribution in [1.29, 1.82) is 0 Å². The van der Waals surface area contributed by atoms with E-state index in [-0.39, 0.29) is 6.03 Å². The fraction of sp³-hybridized carbons (Fsp3) is 0.214. The number of aromatic nitrogens is 2. The van der Waals surface area contributed by atoms with E-state index in [0.717, 1.165) is 38.9 Å². The molecule has 3 aromatic carbocycles. The average molecular weight is 517 g/mol. The highest BCUT2D eigenvalue weighted by molar-refractivity contribution is 7.98. The molecule has 0 spiro atoms. The number of rotatable bonds is 9. The van der Waals surface area contributed by atoms with Crippen LogP contribution in [-0.2, 0) is 11.2 Å². The van der Waals surface area contributed by atoms with E-state index in [4.69, 9.17) is 9.72 Å². The van der Waals surface area contributed by atoms with Crippen molar-refractivity contribution in [3.05, 3.63) is 84.0 Å². The number of benzene rings is 3. The van der Waals surface area contributed by atoms with Crippen LogP contribution < -0.4 is 5.32 Å². The molecular formula is C28H28N4O2S2. The summed E-state index contributed by atoms with van der Waals surface area (Å²) < 4.78 is 7.40. The Labute approximate surface area is 218 Å². The van der Waals surface area contributed by atoms with Gasteiger partial charge in [-0.05, 0) is 47.4 Å². The van der Waals surface area contributed by atoms with Crippen molar-refractivity contribution in [1.82, 2.24) is 14.3 Å². The molecule has 0 saturated heterocycles. The minimum atomic E-state index is -0.127. The van der Waals surface area contributed by atoms with Crippen molar-refractivity contribution in [2.75, 3.05) is 38.4 Å². The molecule has 184 valence electrons. The third-order valence-corrected chi connectivity index (χ3v) is 7.79. The number of fused-ring (bicyclic) bond motifs is 2. The number of hydrogen-bond acceptors (Lipinski definition) is 5. The number of urea groups is 1. The Morgan fingerprint density at radius 2 is 1.89 bits per heavy atom. The number of methoxy groups -OCH3 is 1. The minimum Gasteiger partial charge on any atom is -0.383 e. The van der Waals surface area contributed by atoms with Crippen LogP contribution in [0, 0.1) is 0 Å². The molecule has 0 atom stereocenters. The second-order valence-corrected chi connectivity index (χ2v) is 10.2. The molecule has 2 heterocycles. The molecule has 2 amide bonds. The zero-order valence-corrected chi connectivity index (χ0v) is 21.9. The van der Waals surface area contributed by atoms with Gasteiger partial charge >= 0.3 is 6.03 Å². The highest BCUT2D eigenvalue weighted by Gasteiger charge is 2.16. The van der Waals surface area contributed by atoms with E-state index in [0.29, 0.717) is 19.7 Å². The topological polar surface area (TPSA) is 58.9 Å². The molecule has 0 radical (unpaired) electrons. The molecule has 5 rings (SSSR count). The number of anilines is 1. The zero-order valence-electron chi connectivity index (χ0n) is 20.3. The maximum absolute atomic E-state index is 13.0. The molecule has 36 heavy (non-hydrogen) atoms. The smallest absolute Gasteiger partial charge is 0.321 e. The SMILES string of the molecule is COCCN(CCc1csc2nc(-c3ccc4ccccc4c3)cn12)C(=O)Nc1ccc(SC)cc1. The van der Waals surface area contributed by atoms with Gasteiger partial charge in [-0.25, -0.2) is 9.78 Å². The number of imidazole rings is 1. The lowest BCUT2D eigenvalue weighted by molar-refractivity contribution is 0.155. The van der Waals surface area contributed by atoms with Crippen LogP contribution in [0.25, 0.3) is 27.0 Å². The van der Waals surface area contributed by atoms with Gasteiger partial charge in [0, 0.05) is 60.0 Å². The van der Waals surface area contributed by atoms with E-state index < -0.39 is 0 Å². The Bertz CT molecular complexity index is 1480. The van der Waals surface area contributed by atoms with Crippen molar-refractivity contribution in [3.8, 4) is 11.3 Å². The van der Waals surface area contributed by atoms with Gasteiger partial charge in [0.25, 0.3) is 0 Å². The van der Waals surface area contributed by atoms with E-state index >= 15 is 0 Å². The van der Waals surface area contributed by atoms with Crippen molar-refractivity contribution < 1.29 is 9.53 Å². The lowest BCUT2D eigenvalue weighted by Gasteiger charge is -2.23. The standard InChI is InChI=1S/C28H28N4O2S2/c1-34-16-15-31(27(33)29-23-9-11-25(35-2)12-10-23)14-13-24-19-36-28-30-26(18-32(24)28)22-8-7-20-5-3-4-6-21(20)17-22/h3-12,17-19H,13-16H2,1-2H3,(H,29,33). The molecule has 0 aliphatic rings. The van der Waals surface area contributed by atoms with Gasteiger partial charge in [-0.15, -0.1) is 23.1 Å². The van der Waals surface area contributed by atoms with Gasteiger partial charge in [-0.3, -0.25) is 4.40 Å². The molecule has 1 N–H and O–H groups in total. The molecule has 2 aromatic heterocycles. The summed E-state index contributed by atoms with van der Waals surface area (Å²) in [5.74, 6) is 0. The average Bonchev–Trinajstić information content (AvgIpc) is 3.50. The molecular weight excluding hydrogens is 488 g/mol.